The van der Waals surface area contributed by atoms with Crippen LogP contribution in [0.1, 0.15) is 40.5 Å². The highest BCUT2D eigenvalue weighted by Crippen LogP contribution is 2.34. The van der Waals surface area contributed by atoms with Gasteiger partial charge in [0.2, 0.25) is 11.6 Å². The summed E-state index contributed by atoms with van der Waals surface area (Å²) < 4.78 is 0. The minimum absolute atomic E-state index is 0.0635. The molecule has 0 saturated carbocycles. The highest BCUT2D eigenvalue weighted by Gasteiger charge is 2.38. The van der Waals surface area contributed by atoms with Gasteiger partial charge < -0.3 is 10.6 Å². The summed E-state index contributed by atoms with van der Waals surface area (Å²) in [7, 11) is 3.49. The van der Waals surface area contributed by atoms with Gasteiger partial charge in [0.05, 0.1) is 4.92 Å². The van der Waals surface area contributed by atoms with Crippen molar-refractivity contribution in [2.75, 3.05) is 24.8 Å². The molecule has 134 valence electrons. The van der Waals surface area contributed by atoms with E-state index in [4.69, 9.17) is 0 Å². The second-order valence-electron chi connectivity index (χ2n) is 7.83. The van der Waals surface area contributed by atoms with Crippen LogP contribution in [0, 0.1) is 10.1 Å². The van der Waals surface area contributed by atoms with Crippen LogP contribution in [-0.4, -0.2) is 51.1 Å². The van der Waals surface area contributed by atoms with Gasteiger partial charge in [-0.25, -0.2) is 15.0 Å². The molecule has 0 aliphatic carbocycles. The van der Waals surface area contributed by atoms with Crippen molar-refractivity contribution in [3.63, 3.8) is 0 Å². The molecule has 0 aromatic carbocycles. The molecular formula is C15H27N7O2. The van der Waals surface area contributed by atoms with Crippen molar-refractivity contribution in [3.8, 4) is 0 Å². The fraction of sp³-hybridized carbons (Fsp3) is 0.733. The van der Waals surface area contributed by atoms with Crippen molar-refractivity contribution in [2.45, 2.75) is 57.7 Å². The second-order valence-corrected chi connectivity index (χ2v) is 7.83. The first-order valence-corrected chi connectivity index (χ1v) is 7.98. The van der Waals surface area contributed by atoms with Crippen LogP contribution in [0.4, 0.5) is 17.3 Å². The molecule has 0 unspecified atom stereocenters. The van der Waals surface area contributed by atoms with E-state index in [1.54, 1.807) is 19.1 Å². The molecule has 9 heteroatoms. The van der Waals surface area contributed by atoms with Crippen LogP contribution in [0.15, 0.2) is 6.33 Å². The van der Waals surface area contributed by atoms with E-state index in [1.165, 1.54) is 6.33 Å². The molecule has 1 aromatic heterocycles. The number of piperidine rings is 1. The third-order valence-corrected chi connectivity index (χ3v) is 3.87. The Morgan fingerprint density at radius 1 is 1.21 bits per heavy atom. The fourth-order valence-electron chi connectivity index (χ4n) is 3.57. The van der Waals surface area contributed by atoms with Gasteiger partial charge in [0, 0.05) is 31.2 Å². The maximum atomic E-state index is 11.5. The molecular weight excluding hydrogens is 310 g/mol. The molecule has 0 amide bonds. The Labute approximate surface area is 142 Å². The topological polar surface area (TPSA) is 108 Å². The minimum Gasteiger partial charge on any atom is -0.361 e. The molecule has 0 spiro atoms. The first-order valence-electron chi connectivity index (χ1n) is 7.98. The zero-order valence-corrected chi connectivity index (χ0v) is 15.2. The zero-order valence-electron chi connectivity index (χ0n) is 15.2. The van der Waals surface area contributed by atoms with E-state index in [1.807, 2.05) is 0 Å². The van der Waals surface area contributed by atoms with Crippen LogP contribution in [0.3, 0.4) is 0 Å². The van der Waals surface area contributed by atoms with E-state index >= 15 is 0 Å². The summed E-state index contributed by atoms with van der Waals surface area (Å²) in [6.07, 6.45) is 3.01. The molecule has 2 rings (SSSR count). The van der Waals surface area contributed by atoms with Gasteiger partial charge in [0.15, 0.2) is 0 Å². The smallest absolute Gasteiger partial charge is 0.354 e. The summed E-state index contributed by atoms with van der Waals surface area (Å²) in [5.74, 6) is 0.424. The number of rotatable bonds is 5. The molecule has 0 bridgehead atoms. The summed E-state index contributed by atoms with van der Waals surface area (Å²) >= 11 is 0. The van der Waals surface area contributed by atoms with Crippen LogP contribution in [0.5, 0.6) is 0 Å². The summed E-state index contributed by atoms with van der Waals surface area (Å²) in [5.41, 5.74) is 2.59. The summed E-state index contributed by atoms with van der Waals surface area (Å²) in [6, 6.07) is 0.0806. The van der Waals surface area contributed by atoms with Gasteiger partial charge in [-0.05, 0) is 40.5 Å². The molecule has 2 heterocycles. The maximum absolute atomic E-state index is 11.5. The fourth-order valence-corrected chi connectivity index (χ4v) is 3.57. The average Bonchev–Trinajstić information content (AvgIpc) is 2.33. The van der Waals surface area contributed by atoms with Crippen molar-refractivity contribution in [1.82, 2.24) is 20.3 Å². The molecule has 1 aromatic rings. The second kappa shape index (κ2) is 6.48. The van der Waals surface area contributed by atoms with Crippen molar-refractivity contribution >= 4 is 17.3 Å². The van der Waals surface area contributed by atoms with Crippen LogP contribution in [0.25, 0.3) is 0 Å². The van der Waals surface area contributed by atoms with Gasteiger partial charge >= 0.3 is 5.69 Å². The number of nitrogens with one attached hydrogen (secondary N) is 3. The summed E-state index contributed by atoms with van der Waals surface area (Å²) in [5, 5.41) is 20.0. The lowest BCUT2D eigenvalue weighted by molar-refractivity contribution is -0.383. The van der Waals surface area contributed by atoms with Crippen LogP contribution in [0.2, 0.25) is 0 Å². The van der Waals surface area contributed by atoms with E-state index in [0.29, 0.717) is 0 Å². The Bertz CT molecular complexity index is 600. The van der Waals surface area contributed by atoms with Gasteiger partial charge in [-0.2, -0.15) is 0 Å². The van der Waals surface area contributed by atoms with E-state index in [-0.39, 0.29) is 34.4 Å². The molecule has 1 aliphatic rings. The van der Waals surface area contributed by atoms with Crippen molar-refractivity contribution in [2.24, 2.45) is 0 Å². The lowest BCUT2D eigenvalue weighted by Crippen LogP contribution is -2.60. The van der Waals surface area contributed by atoms with Gasteiger partial charge in [-0.3, -0.25) is 15.5 Å². The molecule has 9 nitrogen and oxygen atoms in total. The molecule has 1 aliphatic heterocycles. The Balaban J connectivity index is 2.30. The first-order chi connectivity index (χ1) is 11.0. The third kappa shape index (κ3) is 4.51. The average molecular weight is 337 g/mol. The Hall–Kier alpha value is -2.00. The van der Waals surface area contributed by atoms with E-state index in [2.05, 4.69) is 53.7 Å². The van der Waals surface area contributed by atoms with Crippen molar-refractivity contribution in [1.29, 1.82) is 0 Å². The quantitative estimate of drug-likeness (QED) is 0.553. The minimum atomic E-state index is -0.453. The molecule has 3 N–H and O–H groups in total. The van der Waals surface area contributed by atoms with Crippen molar-refractivity contribution in [3.05, 3.63) is 16.4 Å². The van der Waals surface area contributed by atoms with Crippen LogP contribution < -0.4 is 16.1 Å². The summed E-state index contributed by atoms with van der Waals surface area (Å²) in [4.78, 5) is 19.2. The maximum Gasteiger partial charge on any atom is 0.354 e. The number of nitrogens with zero attached hydrogens (tertiary/aromatic N) is 4. The Morgan fingerprint density at radius 2 is 1.75 bits per heavy atom. The number of aromatic nitrogens is 2. The van der Waals surface area contributed by atoms with E-state index in [9.17, 15) is 10.1 Å². The van der Waals surface area contributed by atoms with Crippen LogP contribution in [-0.2, 0) is 0 Å². The highest BCUT2D eigenvalue weighted by molar-refractivity contribution is 5.69. The monoisotopic (exact) mass is 337 g/mol. The first kappa shape index (κ1) is 18.3. The number of nitro groups is 1. The number of hydrazine groups is 1. The largest absolute Gasteiger partial charge is 0.361 e. The predicted molar refractivity (Wildman–Crippen MR) is 93.9 cm³/mol. The lowest BCUT2D eigenvalue weighted by atomic mass is 9.79. The molecule has 1 fully saturated rings. The SMILES string of the molecule is CN(C)Nc1ncnc(NC2CC(C)(C)NC(C)(C)C2)c1[N+](=O)[O-]. The molecule has 24 heavy (non-hydrogen) atoms. The normalized spacial score (nSPS) is 20.0. The van der Waals surface area contributed by atoms with E-state index in [0.717, 1.165) is 12.8 Å². The van der Waals surface area contributed by atoms with Gasteiger partial charge in [-0.1, -0.05) is 0 Å². The molecule has 0 radical (unpaired) electrons. The number of hydrogen-bond acceptors (Lipinski definition) is 8. The molecule has 1 saturated heterocycles. The highest BCUT2D eigenvalue weighted by atomic mass is 16.6. The standard InChI is InChI=1S/C15H27N7O2/c1-14(2)7-10(8-15(3,4)20-14)18-12-11(22(23)24)13(17-9-16-12)19-21(5)6/h9-10,20H,7-8H2,1-6H3,(H2,16,17,18,19). The number of hydrogen-bond donors (Lipinski definition) is 3. The Kier molecular flexibility index (Phi) is 4.95. The van der Waals surface area contributed by atoms with Gasteiger partial charge in [-0.15, -0.1) is 0 Å². The third-order valence-electron chi connectivity index (χ3n) is 3.87. The van der Waals surface area contributed by atoms with Crippen molar-refractivity contribution < 1.29 is 4.92 Å². The summed E-state index contributed by atoms with van der Waals surface area (Å²) in [6.45, 7) is 8.54. The zero-order chi connectivity index (χ0) is 18.1. The predicted octanol–water partition coefficient (Wildman–Crippen LogP) is 1.99. The Morgan fingerprint density at radius 3 is 2.25 bits per heavy atom. The number of anilines is 2. The van der Waals surface area contributed by atoms with Gasteiger partial charge in [0.1, 0.15) is 6.33 Å². The lowest BCUT2D eigenvalue weighted by Gasteiger charge is -2.46. The van der Waals surface area contributed by atoms with E-state index < -0.39 is 4.92 Å². The van der Waals surface area contributed by atoms with Gasteiger partial charge in [0.25, 0.3) is 0 Å². The molecule has 0 atom stereocenters. The van der Waals surface area contributed by atoms with Crippen LogP contribution >= 0.6 is 0 Å².